The Morgan fingerprint density at radius 1 is 1.06 bits per heavy atom. The van der Waals surface area contributed by atoms with Gasteiger partial charge in [-0.1, -0.05) is 54.1 Å². The number of aliphatic hydroxyl groups excluding tert-OH is 1. The molecule has 5 rings (SSSR count). The van der Waals surface area contributed by atoms with Gasteiger partial charge >= 0.3 is 0 Å². The highest BCUT2D eigenvalue weighted by atomic mass is 35.5. The summed E-state index contributed by atoms with van der Waals surface area (Å²) >= 11 is 6.12. The summed E-state index contributed by atoms with van der Waals surface area (Å²) in [7, 11) is 1.57. The van der Waals surface area contributed by atoms with Gasteiger partial charge in [0.2, 0.25) is 5.76 Å². The number of amides is 1. The molecule has 4 aromatic rings. The largest absolute Gasteiger partial charge is 0.497 e. The molecule has 6 nitrogen and oxygen atoms in total. The molecule has 2 heterocycles. The zero-order valence-electron chi connectivity index (χ0n) is 17.7. The number of methoxy groups -OCH3 is 1. The quantitative estimate of drug-likeness (QED) is 0.464. The molecule has 0 saturated heterocycles. The van der Waals surface area contributed by atoms with E-state index in [4.69, 9.17) is 20.8 Å². The van der Waals surface area contributed by atoms with Crippen molar-refractivity contribution in [3.63, 3.8) is 0 Å². The molecule has 0 unspecified atom stereocenters. The van der Waals surface area contributed by atoms with Crippen LogP contribution in [0.5, 0.6) is 5.75 Å². The van der Waals surface area contributed by atoms with Crippen molar-refractivity contribution in [2.75, 3.05) is 13.7 Å². The normalized spacial score (nSPS) is 16.2. The fourth-order valence-corrected chi connectivity index (χ4v) is 4.45. The van der Waals surface area contributed by atoms with Crippen LogP contribution in [0, 0.1) is 0 Å². The number of nitrogens with zero attached hydrogens (tertiary/aromatic N) is 1. The molecule has 1 aromatic heterocycles. The molecule has 7 heteroatoms. The Balaban J connectivity index is 1.67. The van der Waals surface area contributed by atoms with Gasteiger partial charge in [-0.05, 0) is 41.5 Å². The number of β-amino-alcohol motifs (C(OH)–C–C–N with tert-alkyl or cyclic N) is 1. The standard InChI is InChI=1S/C26H20ClNO5/c1-32-18-10-7-16(8-11-18)23-22-24(30)19-13-17(27)9-12-21(19)33-25(22)26(31)28(23)14-20(29)15-5-3-2-4-6-15/h2-13,20,23,29H,14H2,1H3/t20-,23+/m1/s1. The van der Waals surface area contributed by atoms with E-state index in [0.717, 1.165) is 0 Å². The molecular weight excluding hydrogens is 442 g/mol. The SMILES string of the molecule is COc1ccc([C@H]2c3c(oc4ccc(Cl)cc4c3=O)C(=O)N2C[C@@H](O)c2ccccc2)cc1. The van der Waals surface area contributed by atoms with Gasteiger partial charge in [0.05, 0.1) is 36.8 Å². The van der Waals surface area contributed by atoms with Crippen molar-refractivity contribution < 1.29 is 19.1 Å². The molecule has 1 amide bonds. The van der Waals surface area contributed by atoms with E-state index >= 15 is 0 Å². The van der Waals surface area contributed by atoms with Gasteiger partial charge in [0.25, 0.3) is 5.91 Å². The highest BCUT2D eigenvalue weighted by Crippen LogP contribution is 2.39. The second-order valence-electron chi connectivity index (χ2n) is 7.87. The number of carbonyl (C=O) groups excluding carboxylic acids is 1. The van der Waals surface area contributed by atoms with Gasteiger partial charge in [-0.3, -0.25) is 9.59 Å². The molecular formula is C26H20ClNO5. The predicted octanol–water partition coefficient (Wildman–Crippen LogP) is 4.73. The molecule has 33 heavy (non-hydrogen) atoms. The minimum absolute atomic E-state index is 0.0136. The first-order valence-corrected chi connectivity index (χ1v) is 10.8. The molecule has 1 N–H and O–H groups in total. The van der Waals surface area contributed by atoms with Crippen LogP contribution >= 0.6 is 11.6 Å². The molecule has 0 radical (unpaired) electrons. The Bertz CT molecular complexity index is 1400. The Hall–Kier alpha value is -3.61. The summed E-state index contributed by atoms with van der Waals surface area (Å²) in [6.45, 7) is -0.0136. The summed E-state index contributed by atoms with van der Waals surface area (Å²) in [5, 5.41) is 11.6. The van der Waals surface area contributed by atoms with Crippen molar-refractivity contribution >= 4 is 28.5 Å². The van der Waals surface area contributed by atoms with Gasteiger partial charge in [0, 0.05) is 5.02 Å². The van der Waals surface area contributed by atoms with E-state index in [1.807, 2.05) is 18.2 Å². The number of carbonyl (C=O) groups is 1. The van der Waals surface area contributed by atoms with Gasteiger partial charge in [0.15, 0.2) is 5.43 Å². The molecule has 0 fully saturated rings. The number of fused-ring (bicyclic) bond motifs is 2. The molecule has 2 atom stereocenters. The van der Waals surface area contributed by atoms with Crippen LogP contribution in [-0.4, -0.2) is 29.6 Å². The molecule has 166 valence electrons. The first-order chi connectivity index (χ1) is 16.0. The Morgan fingerprint density at radius 3 is 2.48 bits per heavy atom. The minimum Gasteiger partial charge on any atom is -0.497 e. The number of hydrogen-bond donors (Lipinski definition) is 1. The fraction of sp³-hybridized carbons (Fsp3) is 0.154. The van der Waals surface area contributed by atoms with Crippen molar-refractivity contribution in [1.29, 1.82) is 0 Å². The predicted molar refractivity (Wildman–Crippen MR) is 125 cm³/mol. The summed E-state index contributed by atoms with van der Waals surface area (Å²) in [6, 6.07) is 20.2. The van der Waals surface area contributed by atoms with Crippen molar-refractivity contribution in [2.45, 2.75) is 12.1 Å². The maximum absolute atomic E-state index is 13.5. The van der Waals surface area contributed by atoms with Crippen LogP contribution in [0.2, 0.25) is 5.02 Å². The number of ether oxygens (including phenoxy) is 1. The summed E-state index contributed by atoms with van der Waals surface area (Å²) in [4.78, 5) is 28.5. The first kappa shape index (κ1) is 21.2. The molecule has 1 aliphatic rings. The van der Waals surface area contributed by atoms with Crippen LogP contribution < -0.4 is 10.2 Å². The van der Waals surface area contributed by atoms with E-state index in [2.05, 4.69) is 0 Å². The summed E-state index contributed by atoms with van der Waals surface area (Å²) in [5.41, 5.74) is 1.58. The lowest BCUT2D eigenvalue weighted by Gasteiger charge is -2.27. The van der Waals surface area contributed by atoms with E-state index in [1.54, 1.807) is 61.7 Å². The van der Waals surface area contributed by atoms with E-state index in [-0.39, 0.29) is 28.9 Å². The second-order valence-corrected chi connectivity index (χ2v) is 8.31. The molecule has 1 aliphatic heterocycles. The van der Waals surface area contributed by atoms with Crippen molar-refractivity contribution in [1.82, 2.24) is 4.90 Å². The van der Waals surface area contributed by atoms with Crippen molar-refractivity contribution in [2.24, 2.45) is 0 Å². The highest BCUT2D eigenvalue weighted by molar-refractivity contribution is 6.31. The van der Waals surface area contributed by atoms with Crippen LogP contribution in [-0.2, 0) is 0 Å². The van der Waals surface area contributed by atoms with Crippen molar-refractivity contribution in [3.8, 4) is 5.75 Å². The first-order valence-electron chi connectivity index (χ1n) is 10.4. The molecule has 0 saturated carbocycles. The van der Waals surface area contributed by atoms with Crippen molar-refractivity contribution in [3.05, 3.63) is 110 Å². The van der Waals surface area contributed by atoms with Crippen LogP contribution in [0.1, 0.15) is 39.4 Å². The molecule has 0 spiro atoms. The molecule has 3 aromatic carbocycles. The minimum atomic E-state index is -0.941. The Morgan fingerprint density at radius 2 is 1.79 bits per heavy atom. The number of hydrogen-bond acceptors (Lipinski definition) is 5. The second kappa shape index (κ2) is 8.39. The number of aliphatic hydroxyl groups is 1. The van der Waals surface area contributed by atoms with Gasteiger partial charge in [0.1, 0.15) is 11.3 Å². The van der Waals surface area contributed by atoms with E-state index < -0.39 is 18.1 Å². The third-order valence-corrected chi connectivity index (χ3v) is 6.15. The lowest BCUT2D eigenvalue weighted by molar-refractivity contribution is 0.0583. The fourth-order valence-electron chi connectivity index (χ4n) is 4.28. The molecule has 0 aliphatic carbocycles. The van der Waals surface area contributed by atoms with Gasteiger partial charge in [-0.25, -0.2) is 0 Å². The molecule has 0 bridgehead atoms. The van der Waals surface area contributed by atoms with Crippen LogP contribution in [0.4, 0.5) is 0 Å². The smallest absolute Gasteiger partial charge is 0.291 e. The average molecular weight is 462 g/mol. The Labute approximate surface area is 194 Å². The third kappa shape index (κ3) is 3.67. The maximum atomic E-state index is 13.5. The third-order valence-electron chi connectivity index (χ3n) is 5.91. The lowest BCUT2D eigenvalue weighted by atomic mass is 9.98. The maximum Gasteiger partial charge on any atom is 0.291 e. The topological polar surface area (TPSA) is 80.0 Å². The Kier molecular flexibility index (Phi) is 5.40. The zero-order valence-corrected chi connectivity index (χ0v) is 18.5. The monoisotopic (exact) mass is 461 g/mol. The van der Waals surface area contributed by atoms with Gasteiger partial charge in [-0.2, -0.15) is 0 Å². The summed E-state index contributed by atoms with van der Waals surface area (Å²) in [6.07, 6.45) is -0.941. The number of halogens is 1. The van der Waals surface area contributed by atoms with Crippen LogP contribution in [0.3, 0.4) is 0 Å². The average Bonchev–Trinajstić information content (AvgIpc) is 3.12. The van der Waals surface area contributed by atoms with Gasteiger partial charge in [-0.15, -0.1) is 0 Å². The van der Waals surface area contributed by atoms with Gasteiger partial charge < -0.3 is 19.2 Å². The summed E-state index contributed by atoms with van der Waals surface area (Å²) in [5.74, 6) is 0.183. The van der Waals surface area contributed by atoms with E-state index in [9.17, 15) is 14.7 Å². The number of rotatable bonds is 5. The lowest BCUT2D eigenvalue weighted by Crippen LogP contribution is -2.33. The van der Waals surface area contributed by atoms with Crippen LogP contribution in [0.25, 0.3) is 11.0 Å². The number of benzene rings is 3. The van der Waals surface area contributed by atoms with E-state index in [1.165, 1.54) is 4.90 Å². The zero-order chi connectivity index (χ0) is 23.1. The highest BCUT2D eigenvalue weighted by Gasteiger charge is 2.43. The summed E-state index contributed by atoms with van der Waals surface area (Å²) < 4.78 is 11.2. The van der Waals surface area contributed by atoms with E-state index in [0.29, 0.717) is 27.3 Å². The van der Waals surface area contributed by atoms with Crippen LogP contribution in [0.15, 0.2) is 82.0 Å².